The summed E-state index contributed by atoms with van der Waals surface area (Å²) in [5, 5.41) is 0. The van der Waals surface area contributed by atoms with Gasteiger partial charge >= 0.3 is 10.1 Å². The molecule has 0 aliphatic carbocycles. The Kier molecular flexibility index (Phi) is 3.52. The first-order valence-electron chi connectivity index (χ1n) is 4.29. The molecule has 1 aromatic carbocycles. The van der Waals surface area contributed by atoms with Gasteiger partial charge in [0.05, 0.1) is 6.26 Å². The van der Waals surface area contributed by atoms with Crippen LogP contribution < -0.4 is 4.18 Å². The summed E-state index contributed by atoms with van der Waals surface area (Å²) in [6.07, 6.45) is 2.74. The first kappa shape index (κ1) is 11.0. The topological polar surface area (TPSA) is 43.4 Å². The van der Waals surface area contributed by atoms with Gasteiger partial charge in [0.25, 0.3) is 0 Å². The zero-order chi connectivity index (χ0) is 10.6. The van der Waals surface area contributed by atoms with E-state index in [0.717, 1.165) is 24.7 Å². The van der Waals surface area contributed by atoms with Crippen molar-refractivity contribution in [1.82, 2.24) is 0 Å². The highest BCUT2D eigenvalue weighted by Crippen LogP contribution is 2.14. The Labute approximate surface area is 84.8 Å². The molecule has 0 aliphatic rings. The second-order valence-corrected chi connectivity index (χ2v) is 4.61. The number of benzene rings is 1. The van der Waals surface area contributed by atoms with Gasteiger partial charge in [0, 0.05) is 0 Å². The van der Waals surface area contributed by atoms with Gasteiger partial charge in [-0.25, -0.2) is 0 Å². The summed E-state index contributed by atoms with van der Waals surface area (Å²) in [5.41, 5.74) is 1.13. The molecule has 0 bridgehead atoms. The van der Waals surface area contributed by atoms with Crippen LogP contribution in [-0.2, 0) is 16.5 Å². The monoisotopic (exact) mass is 213 g/mol. The van der Waals surface area contributed by atoms with Crippen molar-refractivity contribution in [2.45, 2.75) is 12.8 Å². The Morgan fingerprint density at radius 2 is 1.86 bits per heavy atom. The van der Waals surface area contributed by atoms with Crippen molar-refractivity contribution >= 4 is 10.1 Å². The van der Waals surface area contributed by atoms with Crippen molar-refractivity contribution < 1.29 is 12.6 Å². The van der Waals surface area contributed by atoms with Crippen LogP contribution in [0.3, 0.4) is 0 Å². The number of aryl methyl sites for hydroxylation is 1. The van der Waals surface area contributed by atoms with E-state index in [1.54, 1.807) is 12.1 Å². The van der Waals surface area contributed by atoms with Crippen LogP contribution in [0.1, 0.15) is 12.0 Å². The summed E-state index contributed by atoms with van der Waals surface area (Å²) in [7, 11) is -3.41. The molecule has 1 radical (unpaired) electrons. The van der Waals surface area contributed by atoms with Crippen molar-refractivity contribution in [3.05, 3.63) is 36.8 Å². The molecular weight excluding hydrogens is 200 g/mol. The average Bonchev–Trinajstić information content (AvgIpc) is 2.06. The maximum atomic E-state index is 10.8. The molecule has 4 heteroatoms. The van der Waals surface area contributed by atoms with Crippen molar-refractivity contribution in [1.29, 1.82) is 0 Å². The van der Waals surface area contributed by atoms with Crippen LogP contribution in [0.4, 0.5) is 0 Å². The quantitative estimate of drug-likeness (QED) is 0.716. The number of hydrogen-bond acceptors (Lipinski definition) is 3. The molecule has 0 aliphatic heterocycles. The van der Waals surface area contributed by atoms with E-state index in [2.05, 4.69) is 6.92 Å². The van der Waals surface area contributed by atoms with Gasteiger partial charge in [-0.1, -0.05) is 19.1 Å². The van der Waals surface area contributed by atoms with Crippen LogP contribution in [0.2, 0.25) is 0 Å². The summed E-state index contributed by atoms with van der Waals surface area (Å²) in [6.45, 7) is 3.74. The van der Waals surface area contributed by atoms with Crippen molar-refractivity contribution in [3.8, 4) is 5.75 Å². The highest BCUT2D eigenvalue weighted by molar-refractivity contribution is 7.86. The normalized spacial score (nSPS) is 11.3. The van der Waals surface area contributed by atoms with Gasteiger partial charge in [0.15, 0.2) is 0 Å². The molecule has 77 valence electrons. The fraction of sp³-hybridized carbons (Fsp3) is 0.300. The van der Waals surface area contributed by atoms with Gasteiger partial charge in [0.2, 0.25) is 0 Å². The molecule has 0 saturated heterocycles. The molecule has 0 heterocycles. The Morgan fingerprint density at radius 3 is 2.29 bits per heavy atom. The summed E-state index contributed by atoms with van der Waals surface area (Å²) >= 11 is 0. The van der Waals surface area contributed by atoms with Crippen LogP contribution in [0.25, 0.3) is 0 Å². The van der Waals surface area contributed by atoms with Crippen LogP contribution in [0.15, 0.2) is 24.3 Å². The summed E-state index contributed by atoms with van der Waals surface area (Å²) in [6, 6.07) is 6.97. The molecule has 0 aromatic heterocycles. The van der Waals surface area contributed by atoms with Crippen molar-refractivity contribution in [3.63, 3.8) is 0 Å². The molecule has 14 heavy (non-hydrogen) atoms. The van der Waals surface area contributed by atoms with Gasteiger partial charge in [-0.3, -0.25) is 0 Å². The van der Waals surface area contributed by atoms with Gasteiger partial charge in [-0.2, -0.15) is 8.42 Å². The maximum absolute atomic E-state index is 10.8. The third-order valence-electron chi connectivity index (χ3n) is 1.64. The van der Waals surface area contributed by atoms with Crippen LogP contribution in [0.5, 0.6) is 5.75 Å². The largest absolute Gasteiger partial charge is 0.383 e. The summed E-state index contributed by atoms with van der Waals surface area (Å²) < 4.78 is 26.2. The van der Waals surface area contributed by atoms with Gasteiger partial charge in [-0.15, -0.1) is 0 Å². The molecule has 0 atom stereocenters. The van der Waals surface area contributed by atoms with Gasteiger partial charge in [-0.05, 0) is 30.5 Å². The van der Waals surface area contributed by atoms with Gasteiger partial charge < -0.3 is 4.18 Å². The fourth-order valence-electron chi connectivity index (χ4n) is 1.09. The van der Waals surface area contributed by atoms with E-state index < -0.39 is 10.1 Å². The lowest BCUT2D eigenvalue weighted by Gasteiger charge is -2.03. The molecule has 3 nitrogen and oxygen atoms in total. The van der Waals surface area contributed by atoms with E-state index in [4.69, 9.17) is 4.18 Å². The average molecular weight is 213 g/mol. The lowest BCUT2D eigenvalue weighted by atomic mass is 10.1. The fourth-order valence-corrected chi connectivity index (χ4v) is 1.55. The Morgan fingerprint density at radius 1 is 1.29 bits per heavy atom. The van der Waals surface area contributed by atoms with Crippen LogP contribution in [-0.4, -0.2) is 14.7 Å². The SMILES string of the molecule is [CH2]CCc1ccc(OS(C)(=O)=O)cc1. The summed E-state index contributed by atoms with van der Waals surface area (Å²) in [4.78, 5) is 0. The smallest absolute Gasteiger partial charge is 0.306 e. The molecule has 0 unspecified atom stereocenters. The van der Waals surface area contributed by atoms with Crippen molar-refractivity contribution in [2.75, 3.05) is 6.26 Å². The Hall–Kier alpha value is -1.03. The molecule has 0 spiro atoms. The standard InChI is InChI=1S/C10H13O3S/c1-3-4-9-5-7-10(8-6-9)13-14(2,11)12/h5-8H,1,3-4H2,2H3. The van der Waals surface area contributed by atoms with E-state index in [1.165, 1.54) is 0 Å². The lowest BCUT2D eigenvalue weighted by molar-refractivity contribution is 0.493. The molecule has 1 rings (SSSR count). The molecule has 0 amide bonds. The maximum Gasteiger partial charge on any atom is 0.306 e. The minimum absolute atomic E-state index is 0.348. The van der Waals surface area contributed by atoms with E-state index in [0.29, 0.717) is 5.75 Å². The highest BCUT2D eigenvalue weighted by Gasteiger charge is 2.03. The second-order valence-electron chi connectivity index (χ2n) is 3.03. The molecule has 0 N–H and O–H groups in total. The van der Waals surface area contributed by atoms with E-state index >= 15 is 0 Å². The first-order valence-corrected chi connectivity index (χ1v) is 6.10. The van der Waals surface area contributed by atoms with E-state index in [1.807, 2.05) is 12.1 Å². The molecular formula is C10H13O3S. The third-order valence-corrected chi connectivity index (χ3v) is 2.13. The predicted octanol–water partition coefficient (Wildman–Crippen LogP) is 1.79. The van der Waals surface area contributed by atoms with Crippen LogP contribution in [0, 0.1) is 6.92 Å². The minimum Gasteiger partial charge on any atom is -0.383 e. The van der Waals surface area contributed by atoms with Crippen LogP contribution >= 0.6 is 0 Å². The third kappa shape index (κ3) is 3.79. The summed E-state index contributed by atoms with van der Waals surface area (Å²) in [5.74, 6) is 0.348. The highest BCUT2D eigenvalue weighted by atomic mass is 32.2. The second kappa shape index (κ2) is 4.46. The lowest BCUT2D eigenvalue weighted by Crippen LogP contribution is -2.05. The Balaban J connectivity index is 2.74. The zero-order valence-electron chi connectivity index (χ0n) is 8.06. The molecule has 1 aromatic rings. The number of hydrogen-bond donors (Lipinski definition) is 0. The predicted molar refractivity (Wildman–Crippen MR) is 55.6 cm³/mol. The minimum atomic E-state index is -3.41. The number of rotatable bonds is 4. The van der Waals surface area contributed by atoms with Gasteiger partial charge in [0.1, 0.15) is 5.75 Å². The zero-order valence-corrected chi connectivity index (χ0v) is 8.88. The molecule has 0 saturated carbocycles. The molecule has 0 fully saturated rings. The van der Waals surface area contributed by atoms with E-state index in [9.17, 15) is 8.42 Å². The first-order chi connectivity index (χ1) is 6.51. The van der Waals surface area contributed by atoms with Crippen molar-refractivity contribution in [2.24, 2.45) is 0 Å². The Bertz CT molecular complexity index is 378. The van der Waals surface area contributed by atoms with E-state index in [-0.39, 0.29) is 0 Å².